The summed E-state index contributed by atoms with van der Waals surface area (Å²) < 4.78 is 1.65. The molecule has 0 fully saturated rings. The van der Waals surface area contributed by atoms with E-state index in [4.69, 9.17) is 0 Å². The Balaban J connectivity index is 1.79. The van der Waals surface area contributed by atoms with E-state index in [0.29, 0.717) is 11.5 Å². The Labute approximate surface area is 140 Å². The second-order valence-electron chi connectivity index (χ2n) is 5.74. The molecular weight excluding hydrogens is 304 g/mol. The highest BCUT2D eigenvalue weighted by atomic mass is 16.2. The number of carbonyl (C=O) groups is 1. The Morgan fingerprint density at radius 3 is 2.58 bits per heavy atom. The second-order valence-corrected chi connectivity index (χ2v) is 5.74. The molecule has 3 aromatic rings. The van der Waals surface area contributed by atoms with Crippen LogP contribution in [0.4, 0.5) is 16.3 Å². The van der Waals surface area contributed by atoms with Crippen molar-refractivity contribution < 1.29 is 4.79 Å². The molecule has 0 radical (unpaired) electrons. The van der Waals surface area contributed by atoms with Gasteiger partial charge in [-0.25, -0.2) is 4.79 Å². The van der Waals surface area contributed by atoms with Crippen LogP contribution in [-0.4, -0.2) is 26.0 Å². The fourth-order valence-corrected chi connectivity index (χ4v) is 2.57. The lowest BCUT2D eigenvalue weighted by atomic mass is 10.1. The highest BCUT2D eigenvalue weighted by Crippen LogP contribution is 2.24. The molecule has 3 rings (SSSR count). The number of aromatic amines is 1. The molecule has 0 saturated heterocycles. The Morgan fingerprint density at radius 2 is 1.92 bits per heavy atom. The number of benzene rings is 1. The van der Waals surface area contributed by atoms with Gasteiger partial charge in [-0.2, -0.15) is 10.2 Å². The molecule has 7 heteroatoms. The third kappa shape index (κ3) is 3.01. The highest BCUT2D eigenvalue weighted by Gasteiger charge is 2.14. The Hall–Kier alpha value is -3.09. The van der Waals surface area contributed by atoms with Crippen LogP contribution in [0.1, 0.15) is 17.0 Å². The summed E-state index contributed by atoms with van der Waals surface area (Å²) >= 11 is 0. The minimum atomic E-state index is -0.332. The van der Waals surface area contributed by atoms with Crippen molar-refractivity contribution in [2.75, 3.05) is 10.6 Å². The number of amides is 2. The first-order chi connectivity index (χ1) is 11.5. The van der Waals surface area contributed by atoms with Crippen LogP contribution < -0.4 is 10.6 Å². The lowest BCUT2D eigenvalue weighted by Crippen LogP contribution is -2.21. The first-order valence-corrected chi connectivity index (χ1v) is 7.65. The van der Waals surface area contributed by atoms with E-state index in [9.17, 15) is 4.79 Å². The second kappa shape index (κ2) is 6.19. The summed E-state index contributed by atoms with van der Waals surface area (Å²) in [7, 11) is 1.80. The molecule has 0 saturated carbocycles. The number of nitrogens with one attached hydrogen (secondary N) is 3. The lowest BCUT2D eigenvalue weighted by molar-refractivity contribution is 0.262. The summed E-state index contributed by atoms with van der Waals surface area (Å²) in [5, 5.41) is 17.0. The minimum Gasteiger partial charge on any atom is -0.304 e. The van der Waals surface area contributed by atoms with E-state index >= 15 is 0 Å². The fraction of sp³-hybridized carbons (Fsp3) is 0.235. The van der Waals surface area contributed by atoms with E-state index in [1.807, 2.05) is 51.1 Å². The molecule has 2 heterocycles. The zero-order valence-electron chi connectivity index (χ0n) is 14.1. The quantitative estimate of drug-likeness (QED) is 0.690. The van der Waals surface area contributed by atoms with E-state index in [1.165, 1.54) is 0 Å². The number of anilines is 2. The van der Waals surface area contributed by atoms with Gasteiger partial charge >= 0.3 is 6.03 Å². The SMILES string of the molecule is Cc1ccccc1-c1cc(NC(=O)Nc2c(C)n[nH]c2C)n(C)n1. The molecule has 2 amide bonds. The third-order valence-corrected chi connectivity index (χ3v) is 3.91. The standard InChI is InChI=1S/C17H20N6O/c1-10-7-5-6-8-13(10)14-9-15(23(4)22-14)18-17(24)19-16-11(2)20-21-12(16)3/h5-9H,1-4H3,(H,20,21)(H2,18,19,24). The van der Waals surface area contributed by atoms with Crippen molar-refractivity contribution in [3.05, 3.63) is 47.3 Å². The Kier molecular flexibility index (Phi) is 4.07. The molecule has 124 valence electrons. The minimum absolute atomic E-state index is 0.332. The maximum absolute atomic E-state index is 12.2. The van der Waals surface area contributed by atoms with Crippen LogP contribution in [0.15, 0.2) is 30.3 Å². The van der Waals surface area contributed by atoms with Gasteiger partial charge in [0.15, 0.2) is 0 Å². The number of H-pyrrole nitrogens is 1. The van der Waals surface area contributed by atoms with Gasteiger partial charge in [0.25, 0.3) is 0 Å². The number of aryl methyl sites for hydroxylation is 4. The lowest BCUT2D eigenvalue weighted by Gasteiger charge is -2.07. The molecule has 3 N–H and O–H groups in total. The van der Waals surface area contributed by atoms with Crippen LogP contribution in [-0.2, 0) is 7.05 Å². The number of rotatable bonds is 3. The van der Waals surface area contributed by atoms with E-state index < -0.39 is 0 Å². The molecule has 1 aromatic carbocycles. The third-order valence-electron chi connectivity index (χ3n) is 3.91. The van der Waals surface area contributed by atoms with E-state index in [-0.39, 0.29) is 6.03 Å². The largest absolute Gasteiger partial charge is 0.324 e. The van der Waals surface area contributed by atoms with Crippen molar-refractivity contribution in [3.8, 4) is 11.3 Å². The number of urea groups is 1. The van der Waals surface area contributed by atoms with Crippen molar-refractivity contribution in [1.29, 1.82) is 0 Å². The zero-order chi connectivity index (χ0) is 17.3. The van der Waals surface area contributed by atoms with Crippen LogP contribution in [0.2, 0.25) is 0 Å². The molecule has 0 aliphatic heterocycles. The molecule has 0 aliphatic carbocycles. The Bertz CT molecular complexity index is 873. The van der Waals surface area contributed by atoms with Crippen LogP contribution in [0.5, 0.6) is 0 Å². The van der Waals surface area contributed by atoms with Gasteiger partial charge in [-0.1, -0.05) is 24.3 Å². The van der Waals surface area contributed by atoms with Gasteiger partial charge in [-0.05, 0) is 26.3 Å². The summed E-state index contributed by atoms with van der Waals surface area (Å²) in [6.45, 7) is 5.73. The molecule has 0 aliphatic rings. The molecule has 2 aromatic heterocycles. The number of hydrogen-bond acceptors (Lipinski definition) is 3. The smallest absolute Gasteiger partial charge is 0.304 e. The highest BCUT2D eigenvalue weighted by molar-refractivity contribution is 6.00. The summed E-state index contributed by atoms with van der Waals surface area (Å²) in [6.07, 6.45) is 0. The van der Waals surface area contributed by atoms with Crippen molar-refractivity contribution >= 4 is 17.5 Å². The van der Waals surface area contributed by atoms with Gasteiger partial charge in [-0.3, -0.25) is 15.1 Å². The molecular formula is C17H20N6O. The molecule has 0 atom stereocenters. The predicted molar refractivity (Wildman–Crippen MR) is 94.1 cm³/mol. The van der Waals surface area contributed by atoms with Crippen LogP contribution in [0.3, 0.4) is 0 Å². The maximum Gasteiger partial charge on any atom is 0.324 e. The predicted octanol–water partition coefficient (Wildman–Crippen LogP) is 3.38. The van der Waals surface area contributed by atoms with Crippen LogP contribution in [0, 0.1) is 20.8 Å². The molecule has 24 heavy (non-hydrogen) atoms. The summed E-state index contributed by atoms with van der Waals surface area (Å²) in [5.74, 6) is 0.615. The molecule has 0 bridgehead atoms. The first-order valence-electron chi connectivity index (χ1n) is 7.65. The Morgan fingerprint density at radius 1 is 1.17 bits per heavy atom. The molecule has 0 unspecified atom stereocenters. The summed E-state index contributed by atoms with van der Waals surface area (Å²) in [6, 6.07) is 9.54. The van der Waals surface area contributed by atoms with Gasteiger partial charge in [0.05, 0.1) is 22.8 Å². The molecule has 7 nitrogen and oxygen atoms in total. The van der Waals surface area contributed by atoms with Gasteiger partial charge < -0.3 is 5.32 Å². The fourth-order valence-electron chi connectivity index (χ4n) is 2.57. The van der Waals surface area contributed by atoms with Crippen LogP contribution in [0.25, 0.3) is 11.3 Å². The van der Waals surface area contributed by atoms with Gasteiger partial charge in [0.2, 0.25) is 0 Å². The van der Waals surface area contributed by atoms with Crippen LogP contribution >= 0.6 is 0 Å². The molecule has 0 spiro atoms. The summed E-state index contributed by atoms with van der Waals surface area (Å²) in [4.78, 5) is 12.2. The zero-order valence-corrected chi connectivity index (χ0v) is 14.1. The van der Waals surface area contributed by atoms with E-state index in [1.54, 1.807) is 11.7 Å². The number of nitrogens with zero attached hydrogens (tertiary/aromatic N) is 3. The van der Waals surface area contributed by atoms with Gasteiger partial charge in [0.1, 0.15) is 5.82 Å². The van der Waals surface area contributed by atoms with Crippen molar-refractivity contribution in [2.24, 2.45) is 7.05 Å². The monoisotopic (exact) mass is 324 g/mol. The maximum atomic E-state index is 12.2. The number of aromatic nitrogens is 4. The topological polar surface area (TPSA) is 87.6 Å². The number of carbonyl (C=O) groups excluding carboxylic acids is 1. The number of hydrogen-bond donors (Lipinski definition) is 3. The van der Waals surface area contributed by atoms with Crippen molar-refractivity contribution in [1.82, 2.24) is 20.0 Å². The van der Waals surface area contributed by atoms with Gasteiger partial charge in [0, 0.05) is 18.7 Å². The first kappa shape index (κ1) is 15.8. The van der Waals surface area contributed by atoms with Crippen molar-refractivity contribution in [3.63, 3.8) is 0 Å². The van der Waals surface area contributed by atoms with E-state index in [2.05, 4.69) is 25.9 Å². The van der Waals surface area contributed by atoms with E-state index in [0.717, 1.165) is 28.2 Å². The van der Waals surface area contributed by atoms with Crippen molar-refractivity contribution in [2.45, 2.75) is 20.8 Å². The van der Waals surface area contributed by atoms with Gasteiger partial charge in [-0.15, -0.1) is 0 Å². The summed E-state index contributed by atoms with van der Waals surface area (Å²) in [5.41, 5.74) is 5.25. The average Bonchev–Trinajstić information content (AvgIpc) is 3.05. The normalized spacial score (nSPS) is 10.7. The average molecular weight is 324 g/mol.